The van der Waals surface area contributed by atoms with E-state index < -0.39 is 9.84 Å². The van der Waals surface area contributed by atoms with Gasteiger partial charge in [-0.05, 0) is 43.0 Å². The molecular formula is C20H26N2O4S2. The molecule has 3 fully saturated rings. The van der Waals surface area contributed by atoms with E-state index in [1.807, 2.05) is 29.2 Å². The number of amidine groups is 1. The highest BCUT2D eigenvalue weighted by atomic mass is 32.2. The highest BCUT2D eigenvalue weighted by Gasteiger charge is 2.49. The molecule has 8 heteroatoms. The van der Waals surface area contributed by atoms with Crippen molar-refractivity contribution in [3.05, 3.63) is 24.3 Å². The van der Waals surface area contributed by atoms with Gasteiger partial charge in [-0.25, -0.2) is 8.42 Å². The Morgan fingerprint density at radius 3 is 2.57 bits per heavy atom. The normalized spacial score (nSPS) is 28.5. The third kappa shape index (κ3) is 4.22. The van der Waals surface area contributed by atoms with Crippen LogP contribution < -0.4 is 9.64 Å². The smallest absolute Gasteiger partial charge is 0.248 e. The van der Waals surface area contributed by atoms with Crippen molar-refractivity contribution in [2.45, 2.75) is 49.8 Å². The Hall–Kier alpha value is -1.54. The molecule has 0 bridgehead atoms. The number of hydrogen-bond donors (Lipinski definition) is 0. The van der Waals surface area contributed by atoms with Gasteiger partial charge in [-0.15, -0.1) is 0 Å². The summed E-state index contributed by atoms with van der Waals surface area (Å²) in [5.74, 6) is 1.33. The van der Waals surface area contributed by atoms with Crippen molar-refractivity contribution in [2.75, 3.05) is 23.5 Å². The first-order chi connectivity index (χ1) is 13.4. The minimum atomic E-state index is -3.06. The van der Waals surface area contributed by atoms with Crippen molar-refractivity contribution in [2.24, 2.45) is 10.9 Å². The summed E-state index contributed by atoms with van der Waals surface area (Å²) in [6.45, 7) is 0. The van der Waals surface area contributed by atoms with Crippen LogP contribution in [0.1, 0.15) is 38.5 Å². The molecule has 6 nitrogen and oxygen atoms in total. The van der Waals surface area contributed by atoms with E-state index in [-0.39, 0.29) is 28.7 Å². The third-order valence-electron chi connectivity index (χ3n) is 5.83. The number of nitrogens with zero attached hydrogens (tertiary/aromatic N) is 2. The van der Waals surface area contributed by atoms with Crippen molar-refractivity contribution in [1.29, 1.82) is 0 Å². The van der Waals surface area contributed by atoms with Gasteiger partial charge in [-0.3, -0.25) is 4.79 Å². The van der Waals surface area contributed by atoms with Crippen LogP contribution in [0.25, 0.3) is 0 Å². The molecule has 0 N–H and O–H groups in total. The minimum Gasteiger partial charge on any atom is -0.497 e. The fourth-order valence-electron chi connectivity index (χ4n) is 4.40. The van der Waals surface area contributed by atoms with Gasteiger partial charge in [-0.1, -0.05) is 31.0 Å². The molecular weight excluding hydrogens is 396 g/mol. The van der Waals surface area contributed by atoms with Crippen molar-refractivity contribution in [1.82, 2.24) is 0 Å². The third-order valence-corrected chi connectivity index (χ3v) is 9.04. The number of aliphatic imine (C=N–C) groups is 1. The number of anilines is 1. The maximum Gasteiger partial charge on any atom is 0.248 e. The number of ether oxygens (including phenoxy) is 1. The lowest BCUT2D eigenvalue weighted by Gasteiger charge is -2.25. The number of fused-ring (bicyclic) bond motifs is 1. The number of thioether (sulfide) groups is 1. The monoisotopic (exact) mass is 422 g/mol. The van der Waals surface area contributed by atoms with Crippen LogP contribution in [0, 0.1) is 5.92 Å². The minimum absolute atomic E-state index is 0.0756. The second-order valence-electron chi connectivity index (χ2n) is 7.86. The number of rotatable bonds is 4. The average Bonchev–Trinajstić information content (AvgIpc) is 3.13. The molecule has 0 spiro atoms. The van der Waals surface area contributed by atoms with E-state index in [1.54, 1.807) is 7.11 Å². The summed E-state index contributed by atoms with van der Waals surface area (Å²) in [5.41, 5.74) is 0.849. The summed E-state index contributed by atoms with van der Waals surface area (Å²) in [7, 11) is -1.45. The number of carbonyl (C=O) groups excluding carboxylic acids is 1. The van der Waals surface area contributed by atoms with Crippen molar-refractivity contribution >= 4 is 38.4 Å². The Bertz CT molecular complexity index is 861. The standard InChI is InChI=1S/C20H26N2O4S2/c1-26-16-9-7-15(8-10-16)22-17-12-28(24,25)13-18(17)27-20(22)21-19(23)11-14-5-3-2-4-6-14/h7-10,14,17-18H,2-6,11-13H2,1H3/t17-,18-/m0/s1. The molecule has 152 valence electrons. The fraction of sp³-hybridized carbons (Fsp3) is 0.600. The van der Waals surface area contributed by atoms with Gasteiger partial charge < -0.3 is 9.64 Å². The van der Waals surface area contributed by atoms with Crippen LogP contribution in [0.5, 0.6) is 5.75 Å². The first kappa shape index (κ1) is 19.8. The molecule has 1 aromatic carbocycles. The Kier molecular flexibility index (Phi) is 5.69. The number of hydrogen-bond acceptors (Lipinski definition) is 5. The number of carbonyl (C=O) groups is 1. The molecule has 1 aromatic rings. The van der Waals surface area contributed by atoms with E-state index in [4.69, 9.17) is 4.74 Å². The molecule has 2 heterocycles. The maximum absolute atomic E-state index is 12.6. The first-order valence-electron chi connectivity index (χ1n) is 9.87. The highest BCUT2D eigenvalue weighted by molar-refractivity contribution is 8.16. The summed E-state index contributed by atoms with van der Waals surface area (Å²) in [6.07, 6.45) is 6.36. The van der Waals surface area contributed by atoms with E-state index in [0.29, 0.717) is 17.5 Å². The lowest BCUT2D eigenvalue weighted by molar-refractivity contribution is -0.118. The molecule has 1 amide bonds. The molecule has 0 unspecified atom stereocenters. The number of benzene rings is 1. The number of amides is 1. The van der Waals surface area contributed by atoms with Crippen LogP contribution in [-0.4, -0.2) is 49.4 Å². The number of sulfone groups is 1. The predicted octanol–water partition coefficient (Wildman–Crippen LogP) is 3.27. The molecule has 3 aliphatic rings. The van der Waals surface area contributed by atoms with E-state index in [0.717, 1.165) is 24.3 Å². The van der Waals surface area contributed by atoms with Crippen molar-refractivity contribution < 1.29 is 17.9 Å². The molecule has 2 aliphatic heterocycles. The zero-order valence-electron chi connectivity index (χ0n) is 16.0. The second-order valence-corrected chi connectivity index (χ2v) is 11.2. The van der Waals surface area contributed by atoms with Gasteiger partial charge >= 0.3 is 0 Å². The lowest BCUT2D eigenvalue weighted by Crippen LogP contribution is -2.37. The summed E-state index contributed by atoms with van der Waals surface area (Å²) < 4.78 is 29.5. The van der Waals surface area contributed by atoms with Gasteiger partial charge in [0.2, 0.25) is 5.91 Å². The second kappa shape index (κ2) is 8.06. The van der Waals surface area contributed by atoms with E-state index in [9.17, 15) is 13.2 Å². The quantitative estimate of drug-likeness (QED) is 0.741. The molecule has 0 radical (unpaired) electrons. The topological polar surface area (TPSA) is 76.0 Å². The summed E-state index contributed by atoms with van der Waals surface area (Å²) in [4.78, 5) is 19.0. The van der Waals surface area contributed by atoms with Crippen LogP contribution in [0.3, 0.4) is 0 Å². The SMILES string of the molecule is COc1ccc(N2C(=NC(=O)CC3CCCCC3)S[C@H]3CS(=O)(=O)C[C@@H]32)cc1. The Morgan fingerprint density at radius 2 is 1.89 bits per heavy atom. The van der Waals surface area contributed by atoms with Gasteiger partial charge in [0.25, 0.3) is 0 Å². The van der Waals surface area contributed by atoms with Crippen LogP contribution in [-0.2, 0) is 14.6 Å². The van der Waals surface area contributed by atoms with Gasteiger partial charge in [0, 0.05) is 17.4 Å². The highest BCUT2D eigenvalue weighted by Crippen LogP contribution is 2.41. The first-order valence-corrected chi connectivity index (χ1v) is 12.6. The van der Waals surface area contributed by atoms with Crippen molar-refractivity contribution in [3.63, 3.8) is 0 Å². The largest absolute Gasteiger partial charge is 0.497 e. The zero-order valence-corrected chi connectivity index (χ0v) is 17.7. The Labute approximate surface area is 170 Å². The Balaban J connectivity index is 1.58. The Morgan fingerprint density at radius 1 is 1.18 bits per heavy atom. The molecule has 1 saturated carbocycles. The van der Waals surface area contributed by atoms with Crippen LogP contribution in [0.4, 0.5) is 5.69 Å². The summed E-state index contributed by atoms with van der Waals surface area (Å²) >= 11 is 1.43. The van der Waals surface area contributed by atoms with Crippen LogP contribution >= 0.6 is 11.8 Å². The maximum atomic E-state index is 12.6. The molecule has 1 aliphatic carbocycles. The molecule has 2 atom stereocenters. The molecule has 0 aromatic heterocycles. The van der Waals surface area contributed by atoms with Crippen molar-refractivity contribution in [3.8, 4) is 5.75 Å². The van der Waals surface area contributed by atoms with E-state index in [1.165, 1.54) is 31.0 Å². The fourth-order valence-corrected chi connectivity index (χ4v) is 8.33. The average molecular weight is 423 g/mol. The van der Waals surface area contributed by atoms with Gasteiger partial charge in [-0.2, -0.15) is 4.99 Å². The van der Waals surface area contributed by atoms with E-state index >= 15 is 0 Å². The summed E-state index contributed by atoms with van der Waals surface area (Å²) in [6, 6.07) is 7.31. The van der Waals surface area contributed by atoms with E-state index in [2.05, 4.69) is 4.99 Å². The predicted molar refractivity (Wildman–Crippen MR) is 113 cm³/mol. The zero-order chi connectivity index (χ0) is 19.7. The molecule has 28 heavy (non-hydrogen) atoms. The number of methoxy groups -OCH3 is 1. The van der Waals surface area contributed by atoms with Crippen LogP contribution in [0.2, 0.25) is 0 Å². The molecule has 4 rings (SSSR count). The lowest BCUT2D eigenvalue weighted by atomic mass is 9.87. The van der Waals surface area contributed by atoms with Gasteiger partial charge in [0.1, 0.15) is 5.75 Å². The van der Waals surface area contributed by atoms with Gasteiger partial charge in [0.15, 0.2) is 15.0 Å². The summed E-state index contributed by atoms with van der Waals surface area (Å²) in [5, 5.41) is 0.559. The molecule has 2 saturated heterocycles. The van der Waals surface area contributed by atoms with Gasteiger partial charge in [0.05, 0.1) is 24.7 Å². The van der Waals surface area contributed by atoms with Crippen LogP contribution in [0.15, 0.2) is 29.3 Å².